The molecule has 5 nitrogen and oxygen atoms in total. The van der Waals surface area contributed by atoms with E-state index in [-0.39, 0.29) is 6.54 Å². The van der Waals surface area contributed by atoms with Crippen molar-refractivity contribution in [2.24, 2.45) is 0 Å². The van der Waals surface area contributed by atoms with Crippen molar-refractivity contribution in [3.05, 3.63) is 29.0 Å². The van der Waals surface area contributed by atoms with Crippen LogP contribution < -0.4 is 5.32 Å². The van der Waals surface area contributed by atoms with E-state index in [1.807, 2.05) is 0 Å². The molecule has 0 radical (unpaired) electrons. The Morgan fingerprint density at radius 3 is 2.71 bits per heavy atom. The van der Waals surface area contributed by atoms with E-state index in [2.05, 4.69) is 10.3 Å². The van der Waals surface area contributed by atoms with Crippen LogP contribution in [0.3, 0.4) is 0 Å². The van der Waals surface area contributed by atoms with Gasteiger partial charge in [0.1, 0.15) is 0 Å². The van der Waals surface area contributed by atoms with E-state index in [0.29, 0.717) is 10.7 Å². The predicted molar refractivity (Wildman–Crippen MR) is 48.7 cm³/mol. The third-order valence-electron chi connectivity index (χ3n) is 1.41. The summed E-state index contributed by atoms with van der Waals surface area (Å²) < 4.78 is 0. The molecule has 1 aromatic rings. The summed E-state index contributed by atoms with van der Waals surface area (Å²) in [6.07, 6.45) is 1.42. The van der Waals surface area contributed by atoms with Crippen molar-refractivity contribution >= 4 is 23.5 Å². The topological polar surface area (TPSA) is 79.3 Å². The van der Waals surface area contributed by atoms with Gasteiger partial charge in [-0.3, -0.25) is 9.78 Å². The molecule has 0 unspecified atom stereocenters. The zero-order valence-corrected chi connectivity index (χ0v) is 7.78. The van der Waals surface area contributed by atoms with Crippen LogP contribution >= 0.6 is 11.6 Å². The smallest absolute Gasteiger partial charge is 0.394 e. The van der Waals surface area contributed by atoms with Gasteiger partial charge >= 0.3 is 11.9 Å². The lowest BCUT2D eigenvalue weighted by Crippen LogP contribution is -2.30. The van der Waals surface area contributed by atoms with Gasteiger partial charge in [0.15, 0.2) is 0 Å². The summed E-state index contributed by atoms with van der Waals surface area (Å²) in [6.45, 7) is 0.0717. The molecule has 0 spiro atoms. The van der Waals surface area contributed by atoms with Gasteiger partial charge in [0.25, 0.3) is 0 Å². The molecule has 74 valence electrons. The summed E-state index contributed by atoms with van der Waals surface area (Å²) in [6, 6.07) is 3.21. The molecule has 6 heteroatoms. The maximum Gasteiger partial charge on any atom is 0.394 e. The second kappa shape index (κ2) is 4.57. The zero-order valence-electron chi connectivity index (χ0n) is 7.03. The number of aromatic nitrogens is 1. The lowest BCUT2D eigenvalue weighted by atomic mass is 10.3. The molecule has 0 saturated heterocycles. The van der Waals surface area contributed by atoms with Gasteiger partial charge in [-0.15, -0.1) is 0 Å². The highest BCUT2D eigenvalue weighted by atomic mass is 35.5. The van der Waals surface area contributed by atoms with Crippen molar-refractivity contribution in [3.63, 3.8) is 0 Å². The number of nitrogens with one attached hydrogen (secondary N) is 1. The van der Waals surface area contributed by atoms with E-state index in [0.717, 1.165) is 0 Å². The van der Waals surface area contributed by atoms with Gasteiger partial charge in [-0.1, -0.05) is 11.6 Å². The van der Waals surface area contributed by atoms with E-state index in [4.69, 9.17) is 16.7 Å². The molecule has 0 aliphatic carbocycles. The molecule has 1 aromatic heterocycles. The normalized spacial score (nSPS) is 9.50. The van der Waals surface area contributed by atoms with Crippen LogP contribution in [0.5, 0.6) is 0 Å². The summed E-state index contributed by atoms with van der Waals surface area (Å²) >= 11 is 5.58. The molecular formula is C8H7ClN2O3. The minimum atomic E-state index is -1.51. The monoisotopic (exact) mass is 214 g/mol. The van der Waals surface area contributed by atoms with Crippen LogP contribution in [-0.4, -0.2) is 22.0 Å². The van der Waals surface area contributed by atoms with Crippen molar-refractivity contribution < 1.29 is 14.7 Å². The van der Waals surface area contributed by atoms with E-state index >= 15 is 0 Å². The molecule has 1 amide bonds. The first kappa shape index (κ1) is 10.5. The fourth-order valence-electron chi connectivity index (χ4n) is 0.757. The summed E-state index contributed by atoms with van der Waals surface area (Å²) in [4.78, 5) is 24.6. The van der Waals surface area contributed by atoms with Crippen LogP contribution in [0.2, 0.25) is 5.02 Å². The Balaban J connectivity index is 2.50. The Morgan fingerprint density at radius 1 is 1.50 bits per heavy atom. The molecule has 1 rings (SSSR count). The SMILES string of the molecule is O=C(O)C(=O)NCc1ccc(Cl)cn1. The molecule has 1 heterocycles. The number of rotatable bonds is 2. The molecule has 0 bridgehead atoms. The van der Waals surface area contributed by atoms with Crippen molar-refractivity contribution in [2.45, 2.75) is 6.54 Å². The van der Waals surface area contributed by atoms with Crippen LogP contribution in [0.4, 0.5) is 0 Å². The summed E-state index contributed by atoms with van der Waals surface area (Å²) in [5.74, 6) is -2.57. The number of carbonyl (C=O) groups excluding carboxylic acids is 1. The highest BCUT2D eigenvalue weighted by molar-refractivity contribution is 6.31. The van der Waals surface area contributed by atoms with Crippen LogP contribution in [0, 0.1) is 0 Å². The first-order valence-corrected chi connectivity index (χ1v) is 4.09. The summed E-state index contributed by atoms with van der Waals surface area (Å²) in [5, 5.41) is 10.9. The predicted octanol–water partition coefficient (Wildman–Crippen LogP) is 0.436. The maximum atomic E-state index is 10.6. The quantitative estimate of drug-likeness (QED) is 0.700. The van der Waals surface area contributed by atoms with Gasteiger partial charge in [-0.25, -0.2) is 4.79 Å². The Bertz CT molecular complexity index is 350. The van der Waals surface area contributed by atoms with Crippen molar-refractivity contribution in [3.8, 4) is 0 Å². The average molecular weight is 215 g/mol. The third-order valence-corrected chi connectivity index (χ3v) is 1.64. The number of carboxylic acid groups (broad SMARTS) is 1. The third kappa shape index (κ3) is 3.02. The van der Waals surface area contributed by atoms with E-state index in [9.17, 15) is 9.59 Å². The van der Waals surface area contributed by atoms with E-state index in [1.165, 1.54) is 6.20 Å². The van der Waals surface area contributed by atoms with E-state index < -0.39 is 11.9 Å². The highest BCUT2D eigenvalue weighted by Gasteiger charge is 2.09. The van der Waals surface area contributed by atoms with Crippen LogP contribution in [-0.2, 0) is 16.1 Å². The van der Waals surface area contributed by atoms with Crippen LogP contribution in [0.1, 0.15) is 5.69 Å². The fraction of sp³-hybridized carbons (Fsp3) is 0.125. The lowest BCUT2D eigenvalue weighted by molar-refractivity contribution is -0.150. The number of nitrogens with zero attached hydrogens (tertiary/aromatic N) is 1. The first-order chi connectivity index (χ1) is 6.59. The summed E-state index contributed by atoms with van der Waals surface area (Å²) in [7, 11) is 0. The largest absolute Gasteiger partial charge is 0.474 e. The molecule has 0 aliphatic rings. The van der Waals surface area contributed by atoms with Gasteiger partial charge in [0, 0.05) is 6.20 Å². The van der Waals surface area contributed by atoms with Crippen molar-refractivity contribution in [1.29, 1.82) is 0 Å². The Morgan fingerprint density at radius 2 is 2.21 bits per heavy atom. The average Bonchev–Trinajstić information content (AvgIpc) is 2.16. The Kier molecular flexibility index (Phi) is 3.41. The number of hydrogen-bond donors (Lipinski definition) is 2. The highest BCUT2D eigenvalue weighted by Crippen LogP contribution is 2.05. The van der Waals surface area contributed by atoms with Crippen LogP contribution in [0.25, 0.3) is 0 Å². The summed E-state index contributed by atoms with van der Waals surface area (Å²) in [5.41, 5.74) is 0.545. The Hall–Kier alpha value is -1.62. The number of halogens is 1. The van der Waals surface area contributed by atoms with Crippen molar-refractivity contribution in [2.75, 3.05) is 0 Å². The number of hydrogen-bond acceptors (Lipinski definition) is 3. The van der Waals surface area contributed by atoms with Crippen molar-refractivity contribution in [1.82, 2.24) is 10.3 Å². The maximum absolute atomic E-state index is 10.6. The minimum Gasteiger partial charge on any atom is -0.474 e. The minimum absolute atomic E-state index is 0.0717. The van der Waals surface area contributed by atoms with Gasteiger partial charge in [0.2, 0.25) is 0 Å². The zero-order chi connectivity index (χ0) is 10.6. The van der Waals surface area contributed by atoms with E-state index in [1.54, 1.807) is 12.1 Å². The van der Waals surface area contributed by atoms with Gasteiger partial charge in [-0.2, -0.15) is 0 Å². The molecule has 0 fully saturated rings. The molecule has 2 N–H and O–H groups in total. The number of carbonyl (C=O) groups is 2. The van der Waals surface area contributed by atoms with Crippen LogP contribution in [0.15, 0.2) is 18.3 Å². The second-order valence-electron chi connectivity index (χ2n) is 2.46. The number of pyridine rings is 1. The first-order valence-electron chi connectivity index (χ1n) is 3.71. The standard InChI is InChI=1S/C8H7ClN2O3/c9-5-1-2-6(10-3-5)4-11-7(12)8(13)14/h1-3H,4H2,(H,11,12)(H,13,14). The lowest BCUT2D eigenvalue weighted by Gasteiger charge is -2.00. The molecule has 0 atom stereocenters. The molecule has 0 aliphatic heterocycles. The number of carboxylic acids is 1. The molecule has 14 heavy (non-hydrogen) atoms. The second-order valence-corrected chi connectivity index (χ2v) is 2.89. The van der Waals surface area contributed by atoms with Gasteiger partial charge in [0.05, 0.1) is 17.3 Å². The molecule has 0 aromatic carbocycles. The number of amides is 1. The van der Waals surface area contributed by atoms with Gasteiger partial charge < -0.3 is 10.4 Å². The molecule has 0 saturated carbocycles. The van der Waals surface area contributed by atoms with Gasteiger partial charge in [-0.05, 0) is 12.1 Å². The Labute approximate surface area is 84.7 Å². The number of aliphatic carboxylic acids is 1. The molecular weight excluding hydrogens is 208 g/mol. The fourth-order valence-corrected chi connectivity index (χ4v) is 0.869.